The highest BCUT2D eigenvalue weighted by molar-refractivity contribution is 8.26. The molecule has 2 aromatic rings. The number of rotatable bonds is 1. The maximum Gasteiger partial charge on any atom is 0.384 e. The first kappa shape index (κ1) is 15.3. The van der Waals surface area contributed by atoms with Crippen molar-refractivity contribution < 1.29 is 18.7 Å². The van der Waals surface area contributed by atoms with Gasteiger partial charge in [-0.05, 0) is 12.0 Å². The van der Waals surface area contributed by atoms with Gasteiger partial charge in [-0.3, -0.25) is 9.78 Å². The number of hydrogen-bond donors (Lipinski definition) is 1. The van der Waals surface area contributed by atoms with E-state index < -0.39 is 5.97 Å². The number of aromatic nitrogens is 1. The van der Waals surface area contributed by atoms with E-state index in [9.17, 15) is 9.59 Å². The number of nitrogens with zero attached hydrogens (tertiary/aromatic N) is 1. The molecule has 0 atom stereocenters. The normalized spacial score (nSPS) is 15.4. The van der Waals surface area contributed by atoms with Crippen molar-refractivity contribution >= 4 is 57.2 Å². The predicted molar refractivity (Wildman–Crippen MR) is 89.2 cm³/mol. The summed E-state index contributed by atoms with van der Waals surface area (Å²) in [4.78, 5) is 27.3. The van der Waals surface area contributed by atoms with Crippen LogP contribution < -0.4 is 5.32 Å². The van der Waals surface area contributed by atoms with Crippen LogP contribution in [0.25, 0.3) is 17.0 Å². The number of thioether (sulfide) groups is 1. The van der Waals surface area contributed by atoms with Crippen LogP contribution in [0.15, 0.2) is 27.8 Å². The van der Waals surface area contributed by atoms with Crippen LogP contribution in [0, 0.1) is 11.8 Å². The first-order chi connectivity index (χ1) is 11.1. The number of esters is 1. The topological polar surface area (TPSA) is 81.4 Å². The van der Waals surface area contributed by atoms with Gasteiger partial charge >= 0.3 is 5.97 Å². The second kappa shape index (κ2) is 6.24. The van der Waals surface area contributed by atoms with Crippen molar-refractivity contribution in [1.29, 1.82) is 0 Å². The molecule has 1 N–H and O–H groups in total. The zero-order chi connectivity index (χ0) is 16.4. The maximum absolute atomic E-state index is 11.7. The summed E-state index contributed by atoms with van der Waals surface area (Å²) in [5.41, 5.74) is 0.936. The Bertz CT molecular complexity index is 934. The number of thiocarbonyl (C=S) groups is 1. The zero-order valence-electron chi connectivity index (χ0n) is 11.7. The van der Waals surface area contributed by atoms with Crippen LogP contribution >= 0.6 is 24.0 Å². The van der Waals surface area contributed by atoms with Gasteiger partial charge < -0.3 is 14.5 Å². The van der Waals surface area contributed by atoms with E-state index in [0.29, 0.717) is 31.5 Å². The number of methoxy groups -OCH3 is 1. The lowest BCUT2D eigenvalue weighted by molar-refractivity contribution is -0.133. The summed E-state index contributed by atoms with van der Waals surface area (Å²) in [6.45, 7) is 0. The van der Waals surface area contributed by atoms with E-state index in [0.717, 1.165) is 0 Å². The Labute approximate surface area is 140 Å². The highest BCUT2D eigenvalue weighted by Crippen LogP contribution is 2.29. The molecule has 1 aliphatic rings. The third kappa shape index (κ3) is 3.26. The van der Waals surface area contributed by atoms with E-state index in [4.69, 9.17) is 16.6 Å². The summed E-state index contributed by atoms with van der Waals surface area (Å²) >= 11 is 6.10. The van der Waals surface area contributed by atoms with Gasteiger partial charge in [0.2, 0.25) is 0 Å². The molecule has 0 bridgehead atoms. The molecule has 114 valence electrons. The van der Waals surface area contributed by atoms with Gasteiger partial charge in [-0.1, -0.05) is 24.0 Å². The molecule has 0 spiro atoms. The van der Waals surface area contributed by atoms with Crippen molar-refractivity contribution in [2.24, 2.45) is 0 Å². The fraction of sp³-hybridized carbons (Fsp3) is 0.0667. The number of amides is 1. The van der Waals surface area contributed by atoms with Gasteiger partial charge in [-0.2, -0.15) is 0 Å². The summed E-state index contributed by atoms with van der Waals surface area (Å²) in [5.74, 6) is 4.54. The maximum atomic E-state index is 11.7. The second-order valence-corrected chi connectivity index (χ2v) is 6.07. The first-order valence-corrected chi connectivity index (χ1v) is 7.51. The zero-order valence-corrected chi connectivity index (χ0v) is 13.3. The molecule has 0 unspecified atom stereocenters. The molecular weight excluding hydrogens is 336 g/mol. The van der Waals surface area contributed by atoms with Crippen LogP contribution in [0.5, 0.6) is 0 Å². The van der Waals surface area contributed by atoms with Crippen molar-refractivity contribution in [2.75, 3.05) is 7.11 Å². The van der Waals surface area contributed by atoms with E-state index in [1.165, 1.54) is 25.1 Å². The molecule has 0 aromatic carbocycles. The molecule has 1 aliphatic heterocycles. The van der Waals surface area contributed by atoms with Crippen molar-refractivity contribution in [3.05, 3.63) is 34.7 Å². The van der Waals surface area contributed by atoms with Crippen molar-refractivity contribution in [1.82, 2.24) is 10.3 Å². The lowest BCUT2D eigenvalue weighted by Gasteiger charge is -1.92. The number of furan rings is 1. The number of carbonyl (C=O) groups is 2. The summed E-state index contributed by atoms with van der Waals surface area (Å²) in [7, 11) is 1.25. The summed E-state index contributed by atoms with van der Waals surface area (Å²) < 4.78 is 10.6. The smallest absolute Gasteiger partial charge is 0.384 e. The third-order valence-corrected chi connectivity index (χ3v) is 4.00. The Morgan fingerprint density at radius 2 is 2.35 bits per heavy atom. The molecule has 1 amide bonds. The van der Waals surface area contributed by atoms with Crippen molar-refractivity contribution in [3.8, 4) is 11.8 Å². The number of ether oxygens (including phenoxy) is 1. The molecule has 6 nitrogen and oxygen atoms in total. The van der Waals surface area contributed by atoms with Crippen LogP contribution in [0.4, 0.5) is 0 Å². The van der Waals surface area contributed by atoms with Crippen LogP contribution in [-0.4, -0.2) is 28.3 Å². The fourth-order valence-electron chi connectivity index (χ4n) is 1.86. The van der Waals surface area contributed by atoms with Crippen LogP contribution in [-0.2, 0) is 14.3 Å². The molecular formula is C15H8N2O4S2. The summed E-state index contributed by atoms with van der Waals surface area (Å²) in [5, 5.41) is 3.24. The quantitative estimate of drug-likeness (QED) is 0.366. The summed E-state index contributed by atoms with van der Waals surface area (Å²) in [6, 6.07) is 1.73. The van der Waals surface area contributed by atoms with E-state index in [1.807, 2.05) is 0 Å². The minimum absolute atomic E-state index is 0.260. The Hall–Kier alpha value is -2.63. The molecule has 23 heavy (non-hydrogen) atoms. The number of pyridine rings is 1. The van der Waals surface area contributed by atoms with Gasteiger partial charge in [0.25, 0.3) is 5.91 Å². The van der Waals surface area contributed by atoms with Gasteiger partial charge in [0.15, 0.2) is 5.58 Å². The molecule has 8 heteroatoms. The van der Waals surface area contributed by atoms with Gasteiger partial charge in [-0.15, -0.1) is 0 Å². The van der Waals surface area contributed by atoms with Crippen LogP contribution in [0.2, 0.25) is 0 Å². The molecule has 3 heterocycles. The molecule has 3 rings (SSSR count). The Kier molecular flexibility index (Phi) is 4.14. The van der Waals surface area contributed by atoms with Crippen LogP contribution in [0.3, 0.4) is 0 Å². The van der Waals surface area contributed by atoms with E-state index >= 15 is 0 Å². The Balaban J connectivity index is 2.01. The van der Waals surface area contributed by atoms with Gasteiger partial charge in [0.05, 0.1) is 17.6 Å². The Morgan fingerprint density at radius 1 is 1.52 bits per heavy atom. The van der Waals surface area contributed by atoms with Gasteiger partial charge in [-0.25, -0.2) is 4.79 Å². The van der Waals surface area contributed by atoms with Gasteiger partial charge in [0, 0.05) is 29.8 Å². The summed E-state index contributed by atoms with van der Waals surface area (Å²) in [6.07, 6.45) is 4.69. The van der Waals surface area contributed by atoms with E-state index in [2.05, 4.69) is 26.9 Å². The third-order valence-electron chi connectivity index (χ3n) is 2.84. The van der Waals surface area contributed by atoms with Crippen molar-refractivity contribution in [3.63, 3.8) is 0 Å². The standard InChI is InChI=1S/C15H8N2O4S2/c1-20-12(18)3-2-8-6-16-7-9-4-10(21-13(8)9)5-11-14(19)17-15(22)23-11/h4-7H,1H3,(H,17,19,22)/b11-5-. The van der Waals surface area contributed by atoms with Gasteiger partial charge in [0.1, 0.15) is 10.1 Å². The largest absolute Gasteiger partial charge is 0.459 e. The molecule has 0 radical (unpaired) electrons. The highest BCUT2D eigenvalue weighted by atomic mass is 32.2. The monoisotopic (exact) mass is 344 g/mol. The lowest BCUT2D eigenvalue weighted by atomic mass is 10.2. The molecule has 2 aromatic heterocycles. The van der Waals surface area contributed by atoms with E-state index in [1.54, 1.807) is 18.3 Å². The fourth-order valence-corrected chi connectivity index (χ4v) is 2.89. The average Bonchev–Trinajstić information content (AvgIpc) is 3.07. The minimum Gasteiger partial charge on any atom is -0.459 e. The number of carbonyl (C=O) groups excluding carboxylic acids is 2. The second-order valence-electron chi connectivity index (χ2n) is 4.35. The first-order valence-electron chi connectivity index (χ1n) is 6.29. The minimum atomic E-state index is -0.650. The lowest BCUT2D eigenvalue weighted by Crippen LogP contribution is -2.17. The SMILES string of the molecule is COC(=O)C#Cc1cncc2cc(/C=C3\SC(=S)NC3=O)oc12. The molecule has 1 saturated heterocycles. The molecule has 1 fully saturated rings. The number of fused-ring (bicyclic) bond motifs is 1. The average molecular weight is 344 g/mol. The number of hydrogen-bond acceptors (Lipinski definition) is 7. The molecule has 0 saturated carbocycles. The predicted octanol–water partition coefficient (Wildman–Crippen LogP) is 1.84. The highest BCUT2D eigenvalue weighted by Gasteiger charge is 2.22. The Morgan fingerprint density at radius 3 is 3.04 bits per heavy atom. The number of nitrogens with one attached hydrogen (secondary N) is 1. The molecule has 0 aliphatic carbocycles. The van der Waals surface area contributed by atoms with E-state index in [-0.39, 0.29) is 5.91 Å². The van der Waals surface area contributed by atoms with Crippen molar-refractivity contribution in [2.45, 2.75) is 0 Å². The van der Waals surface area contributed by atoms with Crippen LogP contribution in [0.1, 0.15) is 11.3 Å².